The van der Waals surface area contributed by atoms with E-state index in [-0.39, 0.29) is 18.1 Å². The number of tetrazole rings is 1. The number of aliphatic hydroxyl groups is 1. The summed E-state index contributed by atoms with van der Waals surface area (Å²) < 4.78 is 5.82. The summed E-state index contributed by atoms with van der Waals surface area (Å²) in [5, 5.41) is 21.8. The van der Waals surface area contributed by atoms with Crippen molar-refractivity contribution in [3.05, 3.63) is 5.82 Å². The van der Waals surface area contributed by atoms with Gasteiger partial charge in [-0.2, -0.15) is 4.80 Å². The molecular formula is C11H18N4O2. The van der Waals surface area contributed by atoms with E-state index in [1.807, 2.05) is 0 Å². The fourth-order valence-electron chi connectivity index (χ4n) is 2.87. The molecule has 94 valence electrons. The van der Waals surface area contributed by atoms with Crippen molar-refractivity contribution in [2.75, 3.05) is 13.2 Å². The topological polar surface area (TPSA) is 73.1 Å². The summed E-state index contributed by atoms with van der Waals surface area (Å²) in [4.78, 5) is 1.46. The van der Waals surface area contributed by atoms with Gasteiger partial charge in [-0.15, -0.1) is 10.2 Å². The summed E-state index contributed by atoms with van der Waals surface area (Å²) in [7, 11) is 1.76. The van der Waals surface area contributed by atoms with Crippen LogP contribution in [0.2, 0.25) is 0 Å². The molecule has 6 nitrogen and oxygen atoms in total. The van der Waals surface area contributed by atoms with Crippen LogP contribution in [0.1, 0.15) is 25.1 Å². The molecule has 1 N–H and O–H groups in total. The quantitative estimate of drug-likeness (QED) is 0.795. The minimum absolute atomic E-state index is 0.145. The Morgan fingerprint density at radius 3 is 2.94 bits per heavy atom. The Bertz CT molecular complexity index is 404. The van der Waals surface area contributed by atoms with Crippen molar-refractivity contribution in [1.82, 2.24) is 20.2 Å². The Morgan fingerprint density at radius 1 is 1.53 bits per heavy atom. The molecule has 1 aromatic heterocycles. The fourth-order valence-corrected chi connectivity index (χ4v) is 2.87. The van der Waals surface area contributed by atoms with Gasteiger partial charge in [-0.3, -0.25) is 0 Å². The molecule has 1 aromatic rings. The van der Waals surface area contributed by atoms with Crippen LogP contribution in [0.25, 0.3) is 0 Å². The summed E-state index contributed by atoms with van der Waals surface area (Å²) in [5.41, 5.74) is -0.190. The average Bonchev–Trinajstić information content (AvgIpc) is 2.96. The lowest BCUT2D eigenvalue weighted by Gasteiger charge is -2.31. The average molecular weight is 238 g/mol. The summed E-state index contributed by atoms with van der Waals surface area (Å²) >= 11 is 0. The Morgan fingerprint density at radius 2 is 2.35 bits per heavy atom. The summed E-state index contributed by atoms with van der Waals surface area (Å²) in [6.07, 6.45) is 4.18. The standard InChI is InChI=1S/C11H18N4O2/c1-15-13-9(12-14-15)6-11(7-16)4-5-17-10(11)8-2-3-8/h8,10,16H,2-7H2,1H3. The van der Waals surface area contributed by atoms with E-state index in [2.05, 4.69) is 15.4 Å². The van der Waals surface area contributed by atoms with Gasteiger partial charge in [0.25, 0.3) is 0 Å². The Labute approximate surface area is 100.0 Å². The van der Waals surface area contributed by atoms with Crippen LogP contribution in [0.15, 0.2) is 0 Å². The molecule has 2 fully saturated rings. The van der Waals surface area contributed by atoms with E-state index >= 15 is 0 Å². The van der Waals surface area contributed by atoms with Crippen molar-refractivity contribution < 1.29 is 9.84 Å². The van der Waals surface area contributed by atoms with Crippen molar-refractivity contribution in [1.29, 1.82) is 0 Å². The Balaban J connectivity index is 1.80. The van der Waals surface area contributed by atoms with Gasteiger partial charge in [0.1, 0.15) is 0 Å². The Hall–Kier alpha value is -1.01. The first-order valence-corrected chi connectivity index (χ1v) is 6.19. The second-order valence-corrected chi connectivity index (χ2v) is 5.27. The molecule has 2 unspecified atom stereocenters. The number of aryl methyl sites for hydroxylation is 1. The van der Waals surface area contributed by atoms with Gasteiger partial charge >= 0.3 is 0 Å². The first-order chi connectivity index (χ1) is 8.23. The summed E-state index contributed by atoms with van der Waals surface area (Å²) in [6, 6.07) is 0. The predicted octanol–water partition coefficient (Wildman–Crippen LogP) is -0.0698. The van der Waals surface area contributed by atoms with Gasteiger partial charge in [0, 0.05) is 18.4 Å². The highest BCUT2D eigenvalue weighted by molar-refractivity contribution is 5.03. The van der Waals surface area contributed by atoms with E-state index in [0.717, 1.165) is 13.0 Å². The van der Waals surface area contributed by atoms with E-state index in [9.17, 15) is 5.11 Å². The lowest BCUT2D eigenvalue weighted by molar-refractivity contribution is -0.000456. The SMILES string of the molecule is Cn1nnc(CC2(CO)CCOC2C2CC2)n1. The molecule has 2 heterocycles. The van der Waals surface area contributed by atoms with E-state index in [1.165, 1.54) is 17.6 Å². The fraction of sp³-hybridized carbons (Fsp3) is 0.909. The van der Waals surface area contributed by atoms with Crippen LogP contribution in [-0.4, -0.2) is 44.6 Å². The molecule has 1 saturated carbocycles. The van der Waals surface area contributed by atoms with E-state index in [0.29, 0.717) is 18.2 Å². The highest BCUT2D eigenvalue weighted by Gasteiger charge is 2.51. The molecule has 1 aliphatic carbocycles. The third-order valence-electron chi connectivity index (χ3n) is 3.93. The highest BCUT2D eigenvalue weighted by atomic mass is 16.5. The van der Waals surface area contributed by atoms with Gasteiger partial charge in [-0.1, -0.05) is 0 Å². The van der Waals surface area contributed by atoms with Gasteiger partial charge in [0.2, 0.25) is 0 Å². The first kappa shape index (κ1) is 11.1. The monoisotopic (exact) mass is 238 g/mol. The van der Waals surface area contributed by atoms with Crippen LogP contribution >= 0.6 is 0 Å². The van der Waals surface area contributed by atoms with Gasteiger partial charge in [0.15, 0.2) is 5.82 Å². The van der Waals surface area contributed by atoms with Crippen LogP contribution in [0.3, 0.4) is 0 Å². The van der Waals surface area contributed by atoms with Gasteiger partial charge < -0.3 is 9.84 Å². The van der Waals surface area contributed by atoms with E-state index in [1.54, 1.807) is 7.05 Å². The van der Waals surface area contributed by atoms with Crippen molar-refractivity contribution in [2.24, 2.45) is 18.4 Å². The lowest BCUT2D eigenvalue weighted by atomic mass is 9.76. The third kappa shape index (κ3) is 1.95. The number of aliphatic hydroxyl groups excluding tert-OH is 1. The molecule has 0 radical (unpaired) electrons. The van der Waals surface area contributed by atoms with Crippen LogP contribution in [0.4, 0.5) is 0 Å². The second-order valence-electron chi connectivity index (χ2n) is 5.27. The molecular weight excluding hydrogens is 220 g/mol. The smallest absolute Gasteiger partial charge is 0.175 e. The van der Waals surface area contributed by atoms with Crippen molar-refractivity contribution in [2.45, 2.75) is 31.8 Å². The molecule has 2 atom stereocenters. The summed E-state index contributed by atoms with van der Waals surface area (Å²) in [5.74, 6) is 1.33. The van der Waals surface area contributed by atoms with E-state index in [4.69, 9.17) is 4.74 Å². The lowest BCUT2D eigenvalue weighted by Crippen LogP contribution is -2.38. The molecule has 0 aromatic carbocycles. The van der Waals surface area contributed by atoms with E-state index < -0.39 is 0 Å². The largest absolute Gasteiger partial charge is 0.396 e. The number of rotatable bonds is 4. The van der Waals surface area contributed by atoms with Crippen LogP contribution < -0.4 is 0 Å². The molecule has 6 heteroatoms. The van der Waals surface area contributed by atoms with Gasteiger partial charge in [-0.05, 0) is 30.4 Å². The van der Waals surface area contributed by atoms with Crippen LogP contribution in [0.5, 0.6) is 0 Å². The molecule has 1 aliphatic heterocycles. The number of nitrogens with zero attached hydrogens (tertiary/aromatic N) is 4. The second kappa shape index (κ2) is 4.03. The third-order valence-corrected chi connectivity index (χ3v) is 3.93. The molecule has 0 bridgehead atoms. The maximum absolute atomic E-state index is 9.77. The zero-order valence-electron chi connectivity index (χ0n) is 10.0. The maximum atomic E-state index is 9.77. The highest BCUT2D eigenvalue weighted by Crippen LogP contribution is 2.48. The normalized spacial score (nSPS) is 33.2. The van der Waals surface area contributed by atoms with Crippen molar-refractivity contribution >= 4 is 0 Å². The molecule has 1 saturated heterocycles. The van der Waals surface area contributed by atoms with Crippen LogP contribution in [-0.2, 0) is 18.2 Å². The number of ether oxygens (including phenoxy) is 1. The molecule has 17 heavy (non-hydrogen) atoms. The number of aromatic nitrogens is 4. The molecule has 0 amide bonds. The number of hydrogen-bond donors (Lipinski definition) is 1. The summed E-state index contributed by atoms with van der Waals surface area (Å²) in [6.45, 7) is 0.883. The molecule has 3 rings (SSSR count). The predicted molar refractivity (Wildman–Crippen MR) is 59.1 cm³/mol. The first-order valence-electron chi connectivity index (χ1n) is 6.19. The van der Waals surface area contributed by atoms with Gasteiger partial charge in [-0.25, -0.2) is 0 Å². The Kier molecular flexibility index (Phi) is 2.63. The van der Waals surface area contributed by atoms with Crippen molar-refractivity contribution in [3.8, 4) is 0 Å². The number of hydrogen-bond acceptors (Lipinski definition) is 5. The van der Waals surface area contributed by atoms with Crippen molar-refractivity contribution in [3.63, 3.8) is 0 Å². The minimum Gasteiger partial charge on any atom is -0.396 e. The zero-order valence-corrected chi connectivity index (χ0v) is 10.0. The zero-order chi connectivity index (χ0) is 11.9. The maximum Gasteiger partial charge on any atom is 0.175 e. The minimum atomic E-state index is -0.190. The molecule has 0 spiro atoms. The van der Waals surface area contributed by atoms with Crippen LogP contribution in [0, 0.1) is 11.3 Å². The molecule has 2 aliphatic rings. The van der Waals surface area contributed by atoms with Gasteiger partial charge in [0.05, 0.1) is 19.8 Å².